The van der Waals surface area contributed by atoms with Crippen molar-refractivity contribution in [3.05, 3.63) is 71.8 Å². The van der Waals surface area contributed by atoms with Crippen molar-refractivity contribution in [1.29, 1.82) is 0 Å². The number of rotatable bonds is 13. The van der Waals surface area contributed by atoms with E-state index >= 15 is 0 Å². The van der Waals surface area contributed by atoms with Gasteiger partial charge in [-0.15, -0.1) is 0 Å². The second kappa shape index (κ2) is 15.2. The van der Waals surface area contributed by atoms with Crippen molar-refractivity contribution < 1.29 is 14.4 Å². The van der Waals surface area contributed by atoms with Gasteiger partial charge in [0.25, 0.3) is 0 Å². The van der Waals surface area contributed by atoms with Gasteiger partial charge in [-0.2, -0.15) is 5.06 Å². The van der Waals surface area contributed by atoms with Gasteiger partial charge in [-0.25, -0.2) is 0 Å². The Morgan fingerprint density at radius 3 is 2.28 bits per heavy atom. The number of hydrogen-bond acceptors (Lipinski definition) is 5. The number of likely N-dealkylation sites (tertiary alicyclic amines) is 1. The van der Waals surface area contributed by atoms with Gasteiger partial charge in [0, 0.05) is 25.7 Å². The molecule has 3 atom stereocenters. The zero-order valence-corrected chi connectivity index (χ0v) is 23.7. The molecule has 7 heteroatoms. The largest absolute Gasteiger partial charge is 0.343 e. The zero-order valence-electron chi connectivity index (χ0n) is 23.7. The first kappa shape index (κ1) is 29.2. The standard InChI is InChI=1S/C32H46N4O3/c1-25(33-2)31(37)34-30(28-17-10-5-11-18-28)32(38)36-21-12-19-29(36)23-35(22-20-26-13-6-3-7-14-26)39-24-27-15-8-4-9-16-27/h3-4,6-9,13-16,25,28-30,33H,5,10-12,17-24H2,1-2H3,(H,34,37)/t25-,29?,30-/m0/s1. The summed E-state index contributed by atoms with van der Waals surface area (Å²) < 4.78 is 0. The molecule has 212 valence electrons. The molecule has 0 bridgehead atoms. The van der Waals surface area contributed by atoms with Gasteiger partial charge in [-0.1, -0.05) is 79.9 Å². The van der Waals surface area contributed by atoms with E-state index in [4.69, 9.17) is 4.84 Å². The fourth-order valence-electron chi connectivity index (χ4n) is 5.83. The normalized spacial score (nSPS) is 19.7. The minimum absolute atomic E-state index is 0.0637. The van der Waals surface area contributed by atoms with Crippen molar-refractivity contribution >= 4 is 11.8 Å². The van der Waals surface area contributed by atoms with Crippen molar-refractivity contribution in [2.75, 3.05) is 26.7 Å². The summed E-state index contributed by atoms with van der Waals surface area (Å²) in [5.74, 6) is 0.170. The highest BCUT2D eigenvalue weighted by atomic mass is 16.7. The first-order valence-corrected chi connectivity index (χ1v) is 14.8. The molecular formula is C32H46N4O3. The number of carbonyl (C=O) groups is 2. The molecule has 4 rings (SSSR count). The van der Waals surface area contributed by atoms with Crippen molar-refractivity contribution in [1.82, 2.24) is 20.6 Å². The highest BCUT2D eigenvalue weighted by Gasteiger charge is 2.39. The summed E-state index contributed by atoms with van der Waals surface area (Å²) in [6, 6.07) is 19.9. The Labute approximate surface area is 234 Å². The first-order valence-electron chi connectivity index (χ1n) is 14.8. The highest BCUT2D eigenvalue weighted by Crippen LogP contribution is 2.29. The maximum atomic E-state index is 14.1. The predicted molar refractivity (Wildman–Crippen MR) is 155 cm³/mol. The molecule has 1 unspecified atom stereocenters. The number of benzene rings is 2. The van der Waals surface area contributed by atoms with Gasteiger partial charge in [0.15, 0.2) is 0 Å². The third kappa shape index (κ3) is 8.62. The molecule has 2 aromatic rings. The molecule has 0 radical (unpaired) electrons. The van der Waals surface area contributed by atoms with Gasteiger partial charge in [0.2, 0.25) is 11.8 Å². The molecule has 0 spiro atoms. The number of likely N-dealkylation sites (N-methyl/N-ethyl adjacent to an activating group) is 1. The predicted octanol–water partition coefficient (Wildman–Crippen LogP) is 4.33. The van der Waals surface area contributed by atoms with Crippen LogP contribution in [-0.2, 0) is 27.5 Å². The molecule has 1 aliphatic carbocycles. The monoisotopic (exact) mass is 534 g/mol. The van der Waals surface area contributed by atoms with Crippen LogP contribution in [-0.4, -0.2) is 66.6 Å². The van der Waals surface area contributed by atoms with Crippen LogP contribution in [0.4, 0.5) is 0 Å². The summed E-state index contributed by atoms with van der Waals surface area (Å²) >= 11 is 0. The van der Waals surface area contributed by atoms with Crippen molar-refractivity contribution in [3.8, 4) is 0 Å². The van der Waals surface area contributed by atoms with Crippen LogP contribution in [0.2, 0.25) is 0 Å². The molecule has 39 heavy (non-hydrogen) atoms. The second-order valence-corrected chi connectivity index (χ2v) is 11.1. The van der Waals surface area contributed by atoms with E-state index in [0.29, 0.717) is 13.2 Å². The summed E-state index contributed by atoms with van der Waals surface area (Å²) in [5.41, 5.74) is 2.39. The van der Waals surface area contributed by atoms with E-state index in [1.165, 1.54) is 12.0 Å². The second-order valence-electron chi connectivity index (χ2n) is 11.1. The smallest absolute Gasteiger partial charge is 0.245 e. The lowest BCUT2D eigenvalue weighted by molar-refractivity contribution is -0.178. The number of hydroxylamine groups is 2. The van der Waals surface area contributed by atoms with E-state index in [0.717, 1.165) is 63.6 Å². The van der Waals surface area contributed by atoms with Crippen LogP contribution in [0.15, 0.2) is 60.7 Å². The fourth-order valence-corrected chi connectivity index (χ4v) is 5.83. The van der Waals surface area contributed by atoms with Gasteiger partial charge in [-0.3, -0.25) is 14.4 Å². The SMILES string of the molecule is CN[C@@H](C)C(=O)N[C@H](C(=O)N1CCCC1CN(CCc1ccccc1)OCc1ccccc1)C1CCCCC1. The molecule has 2 N–H and O–H groups in total. The number of nitrogens with one attached hydrogen (secondary N) is 2. The Bertz CT molecular complexity index is 969. The van der Waals surface area contributed by atoms with Crippen molar-refractivity contribution in [2.24, 2.45) is 5.92 Å². The Kier molecular flexibility index (Phi) is 11.4. The van der Waals surface area contributed by atoms with Crippen molar-refractivity contribution in [2.45, 2.75) is 83.0 Å². The molecule has 2 amide bonds. The number of hydrogen-bond donors (Lipinski definition) is 2. The average Bonchev–Trinajstić information content (AvgIpc) is 3.46. The Morgan fingerprint density at radius 1 is 0.949 bits per heavy atom. The molecule has 7 nitrogen and oxygen atoms in total. The first-order chi connectivity index (χ1) is 19.0. The van der Waals surface area contributed by atoms with Crippen LogP contribution in [0.3, 0.4) is 0 Å². The molecule has 1 saturated heterocycles. The zero-order chi connectivity index (χ0) is 27.5. The average molecular weight is 535 g/mol. The van der Waals surface area contributed by atoms with E-state index in [2.05, 4.69) is 47.0 Å². The Balaban J connectivity index is 1.45. The van der Waals surface area contributed by atoms with Crippen LogP contribution in [0, 0.1) is 5.92 Å². The van der Waals surface area contributed by atoms with E-state index in [-0.39, 0.29) is 29.8 Å². The van der Waals surface area contributed by atoms with E-state index in [1.54, 1.807) is 7.05 Å². The molecule has 1 heterocycles. The van der Waals surface area contributed by atoms with E-state index < -0.39 is 6.04 Å². The van der Waals surface area contributed by atoms with Crippen LogP contribution < -0.4 is 10.6 Å². The molecule has 2 fully saturated rings. The summed E-state index contributed by atoms with van der Waals surface area (Å²) in [6.45, 7) is 4.47. The van der Waals surface area contributed by atoms with Gasteiger partial charge in [-0.05, 0) is 63.1 Å². The summed E-state index contributed by atoms with van der Waals surface area (Å²) in [6.07, 6.45) is 8.23. The molecule has 1 aliphatic heterocycles. The minimum Gasteiger partial charge on any atom is -0.343 e. The molecule has 2 aromatic carbocycles. The summed E-state index contributed by atoms with van der Waals surface area (Å²) in [7, 11) is 1.78. The quantitative estimate of drug-likeness (QED) is 0.375. The number of amides is 2. The lowest BCUT2D eigenvalue weighted by atomic mass is 9.83. The lowest BCUT2D eigenvalue weighted by Crippen LogP contribution is -2.57. The third-order valence-corrected chi connectivity index (χ3v) is 8.34. The van der Waals surface area contributed by atoms with Crippen LogP contribution in [0.25, 0.3) is 0 Å². The van der Waals surface area contributed by atoms with Gasteiger partial charge in [0.05, 0.1) is 12.6 Å². The van der Waals surface area contributed by atoms with Crippen LogP contribution in [0.5, 0.6) is 0 Å². The maximum Gasteiger partial charge on any atom is 0.245 e. The third-order valence-electron chi connectivity index (χ3n) is 8.34. The van der Waals surface area contributed by atoms with Gasteiger partial charge in [0.1, 0.15) is 6.04 Å². The summed E-state index contributed by atoms with van der Waals surface area (Å²) in [5, 5.41) is 8.20. The minimum atomic E-state index is -0.461. The van der Waals surface area contributed by atoms with Gasteiger partial charge < -0.3 is 15.5 Å². The Hall–Kier alpha value is -2.74. The molecular weight excluding hydrogens is 488 g/mol. The molecule has 1 saturated carbocycles. The highest BCUT2D eigenvalue weighted by molar-refractivity contribution is 5.90. The van der Waals surface area contributed by atoms with Crippen LogP contribution >= 0.6 is 0 Å². The number of nitrogens with zero attached hydrogens (tertiary/aromatic N) is 2. The Morgan fingerprint density at radius 2 is 1.62 bits per heavy atom. The molecule has 2 aliphatic rings. The topological polar surface area (TPSA) is 73.9 Å². The fraction of sp³-hybridized carbons (Fsp3) is 0.562. The maximum absolute atomic E-state index is 14.1. The molecule has 0 aromatic heterocycles. The summed E-state index contributed by atoms with van der Waals surface area (Å²) in [4.78, 5) is 35.3. The van der Waals surface area contributed by atoms with E-state index in [1.807, 2.05) is 41.2 Å². The lowest BCUT2D eigenvalue weighted by Gasteiger charge is -2.36. The number of carbonyl (C=O) groups excluding carboxylic acids is 2. The van der Waals surface area contributed by atoms with Gasteiger partial charge >= 0.3 is 0 Å². The van der Waals surface area contributed by atoms with Crippen molar-refractivity contribution in [3.63, 3.8) is 0 Å². The van der Waals surface area contributed by atoms with E-state index in [9.17, 15) is 9.59 Å². The van der Waals surface area contributed by atoms with Crippen LogP contribution in [0.1, 0.15) is 63.0 Å².